The smallest absolute Gasteiger partial charge is 0.331 e. The number of rotatable bonds is 3. The van der Waals surface area contributed by atoms with Crippen LogP contribution in [-0.4, -0.2) is 55.4 Å². The van der Waals surface area contributed by atoms with Crippen LogP contribution in [0.4, 0.5) is 26.3 Å². The number of carbonyl (C=O) groups is 1. The molecular formula is C18H12ClF6N5O2. The molecule has 32 heavy (non-hydrogen) atoms. The third-order valence-corrected chi connectivity index (χ3v) is 5.11. The number of carbonyl (C=O) groups excluding carboxylic acids is 1. The summed E-state index contributed by atoms with van der Waals surface area (Å²) in [5.41, 5.74) is -4.35. The molecule has 7 nitrogen and oxygen atoms in total. The van der Waals surface area contributed by atoms with E-state index in [4.69, 9.17) is 11.6 Å². The van der Waals surface area contributed by atoms with Crippen molar-refractivity contribution in [2.45, 2.75) is 25.1 Å². The number of likely N-dealkylation sites (tertiary alicyclic amines) is 1. The molecule has 0 unspecified atom stereocenters. The fourth-order valence-electron chi connectivity index (χ4n) is 3.36. The summed E-state index contributed by atoms with van der Waals surface area (Å²) >= 11 is 5.61. The molecule has 2 atom stereocenters. The largest absolute Gasteiger partial charge is 0.420 e. The molecule has 14 heteroatoms. The quantitative estimate of drug-likeness (QED) is 0.542. The van der Waals surface area contributed by atoms with Gasteiger partial charge in [0, 0.05) is 6.20 Å². The van der Waals surface area contributed by atoms with Gasteiger partial charge < -0.3 is 4.90 Å². The molecule has 1 aliphatic rings. The zero-order valence-electron chi connectivity index (χ0n) is 15.8. The van der Waals surface area contributed by atoms with E-state index in [0.717, 1.165) is 23.2 Å². The van der Waals surface area contributed by atoms with Crippen molar-refractivity contribution in [3.05, 3.63) is 62.7 Å². The SMILES string of the molecule is O=C(c1ccc(C(F)(F)F)c2nn(Cc3ncc(Cl)cc3F)c(=O)n12)N1C[C@@H](F)[C@@H](F)C1. The fraction of sp³-hybridized carbons (Fsp3) is 0.333. The van der Waals surface area contributed by atoms with Crippen LogP contribution in [0.3, 0.4) is 0 Å². The molecule has 0 bridgehead atoms. The van der Waals surface area contributed by atoms with Crippen LogP contribution in [-0.2, 0) is 12.7 Å². The van der Waals surface area contributed by atoms with E-state index < -0.39 is 72.5 Å². The van der Waals surface area contributed by atoms with Gasteiger partial charge in [0.2, 0.25) is 0 Å². The Bertz CT molecular complexity index is 1260. The van der Waals surface area contributed by atoms with E-state index >= 15 is 0 Å². The van der Waals surface area contributed by atoms with Gasteiger partial charge in [-0.15, -0.1) is 5.10 Å². The second kappa shape index (κ2) is 7.80. The molecule has 1 aliphatic heterocycles. The number of hydrogen-bond acceptors (Lipinski definition) is 4. The van der Waals surface area contributed by atoms with Crippen LogP contribution in [0.2, 0.25) is 5.02 Å². The molecule has 0 radical (unpaired) electrons. The minimum Gasteiger partial charge on any atom is -0.331 e. The second-order valence-electron chi connectivity index (χ2n) is 7.05. The van der Waals surface area contributed by atoms with Crippen molar-refractivity contribution in [2.75, 3.05) is 13.1 Å². The molecule has 0 N–H and O–H groups in total. The highest BCUT2D eigenvalue weighted by Gasteiger charge is 2.39. The minimum atomic E-state index is -4.94. The number of hydrogen-bond donors (Lipinski definition) is 0. The Labute approximate surface area is 179 Å². The van der Waals surface area contributed by atoms with Crippen molar-refractivity contribution in [1.29, 1.82) is 0 Å². The minimum absolute atomic E-state index is 0.0382. The molecule has 1 fully saturated rings. The maximum Gasteiger partial charge on any atom is 0.420 e. The van der Waals surface area contributed by atoms with Gasteiger partial charge in [-0.05, 0) is 18.2 Å². The summed E-state index contributed by atoms with van der Waals surface area (Å²) in [6, 6.07) is 2.16. The molecule has 3 aromatic rings. The van der Waals surface area contributed by atoms with E-state index in [1.807, 2.05) is 0 Å². The lowest BCUT2D eigenvalue weighted by Gasteiger charge is -2.16. The van der Waals surface area contributed by atoms with Crippen LogP contribution in [0.25, 0.3) is 5.65 Å². The molecule has 4 rings (SSSR count). The lowest BCUT2D eigenvalue weighted by Crippen LogP contribution is -2.33. The van der Waals surface area contributed by atoms with Crippen LogP contribution in [0.15, 0.2) is 29.2 Å². The predicted molar refractivity (Wildman–Crippen MR) is 98.5 cm³/mol. The monoisotopic (exact) mass is 479 g/mol. The third kappa shape index (κ3) is 3.80. The number of aromatic nitrogens is 4. The van der Waals surface area contributed by atoms with Crippen LogP contribution < -0.4 is 5.69 Å². The average Bonchev–Trinajstić information content (AvgIpc) is 3.21. The molecule has 1 amide bonds. The Hall–Kier alpha value is -3.09. The number of nitrogens with zero attached hydrogens (tertiary/aromatic N) is 5. The van der Waals surface area contributed by atoms with E-state index in [2.05, 4.69) is 10.1 Å². The van der Waals surface area contributed by atoms with Gasteiger partial charge in [-0.25, -0.2) is 27.0 Å². The molecule has 4 heterocycles. The van der Waals surface area contributed by atoms with Gasteiger partial charge in [0.05, 0.1) is 30.4 Å². The molecular weight excluding hydrogens is 468 g/mol. The van der Waals surface area contributed by atoms with Crippen molar-refractivity contribution in [2.24, 2.45) is 0 Å². The van der Waals surface area contributed by atoms with E-state index in [1.165, 1.54) is 0 Å². The van der Waals surface area contributed by atoms with E-state index in [0.29, 0.717) is 15.1 Å². The van der Waals surface area contributed by atoms with E-state index in [9.17, 15) is 35.9 Å². The van der Waals surface area contributed by atoms with E-state index in [-0.39, 0.29) is 10.7 Å². The van der Waals surface area contributed by atoms with Gasteiger partial charge in [-0.2, -0.15) is 13.2 Å². The number of alkyl halides is 5. The first-order chi connectivity index (χ1) is 15.0. The van der Waals surface area contributed by atoms with Crippen molar-refractivity contribution >= 4 is 23.2 Å². The maximum absolute atomic E-state index is 14.1. The highest BCUT2D eigenvalue weighted by Crippen LogP contribution is 2.32. The first-order valence-corrected chi connectivity index (χ1v) is 9.42. The summed E-state index contributed by atoms with van der Waals surface area (Å²) in [5, 5.41) is 3.59. The first kappa shape index (κ1) is 22.1. The lowest BCUT2D eigenvalue weighted by atomic mass is 10.2. The van der Waals surface area contributed by atoms with Gasteiger partial charge in [0.25, 0.3) is 5.91 Å². The van der Waals surface area contributed by atoms with Crippen molar-refractivity contribution in [1.82, 2.24) is 24.1 Å². The molecule has 1 saturated heterocycles. The van der Waals surface area contributed by atoms with Crippen LogP contribution in [0, 0.1) is 5.82 Å². The van der Waals surface area contributed by atoms with Crippen molar-refractivity contribution < 1.29 is 31.1 Å². The van der Waals surface area contributed by atoms with Crippen molar-refractivity contribution in [3.8, 4) is 0 Å². The number of fused-ring (bicyclic) bond motifs is 1. The maximum atomic E-state index is 14.1. The average molecular weight is 480 g/mol. The van der Waals surface area contributed by atoms with Crippen LogP contribution >= 0.6 is 11.6 Å². The molecule has 0 aromatic carbocycles. The molecule has 3 aromatic heterocycles. The van der Waals surface area contributed by atoms with Crippen LogP contribution in [0.5, 0.6) is 0 Å². The summed E-state index contributed by atoms with van der Waals surface area (Å²) in [7, 11) is 0. The molecule has 0 saturated carbocycles. The zero-order valence-corrected chi connectivity index (χ0v) is 16.5. The summed E-state index contributed by atoms with van der Waals surface area (Å²) in [6.07, 6.45) is -7.78. The third-order valence-electron chi connectivity index (χ3n) is 4.91. The van der Waals surface area contributed by atoms with Gasteiger partial charge >= 0.3 is 11.9 Å². The highest BCUT2D eigenvalue weighted by molar-refractivity contribution is 6.30. The van der Waals surface area contributed by atoms with Gasteiger partial charge in [-0.3, -0.25) is 9.78 Å². The first-order valence-electron chi connectivity index (χ1n) is 9.04. The summed E-state index contributed by atoms with van der Waals surface area (Å²) in [5.74, 6) is -1.97. The Balaban J connectivity index is 1.86. The zero-order chi connectivity index (χ0) is 23.4. The lowest BCUT2D eigenvalue weighted by molar-refractivity contribution is -0.136. The number of pyridine rings is 2. The Morgan fingerprint density at radius 1 is 1.19 bits per heavy atom. The molecule has 170 valence electrons. The van der Waals surface area contributed by atoms with Crippen LogP contribution in [0.1, 0.15) is 21.7 Å². The normalized spacial score (nSPS) is 19.2. The summed E-state index contributed by atoms with van der Waals surface area (Å²) in [4.78, 5) is 30.1. The Kier molecular flexibility index (Phi) is 5.39. The predicted octanol–water partition coefficient (Wildman–Crippen LogP) is 2.88. The van der Waals surface area contributed by atoms with E-state index in [1.54, 1.807) is 0 Å². The summed E-state index contributed by atoms with van der Waals surface area (Å²) < 4.78 is 82.4. The van der Waals surface area contributed by atoms with Gasteiger partial charge in [0.1, 0.15) is 17.1 Å². The number of halogens is 7. The second-order valence-corrected chi connectivity index (χ2v) is 7.49. The topological polar surface area (TPSA) is 72.5 Å². The standard InChI is InChI=1S/C18H12ClF6N5O2/c19-8-3-10(20)13(26-4-8)7-29-17(32)30-14(16(31)28-5-11(21)12(22)6-28)2-1-9(15(30)27-29)18(23,24)25/h1-4,11-12H,5-7H2/t11-,12+. The highest BCUT2D eigenvalue weighted by atomic mass is 35.5. The van der Waals surface area contributed by atoms with Gasteiger partial charge in [-0.1, -0.05) is 11.6 Å². The fourth-order valence-corrected chi connectivity index (χ4v) is 3.50. The molecule has 0 aliphatic carbocycles. The van der Waals surface area contributed by atoms with Gasteiger partial charge in [0.15, 0.2) is 18.0 Å². The van der Waals surface area contributed by atoms with Crippen molar-refractivity contribution in [3.63, 3.8) is 0 Å². The summed E-state index contributed by atoms with van der Waals surface area (Å²) in [6.45, 7) is -1.89. The number of amides is 1. The molecule has 0 spiro atoms. The Morgan fingerprint density at radius 2 is 1.84 bits per heavy atom. The Morgan fingerprint density at radius 3 is 2.44 bits per heavy atom.